The number of benzene rings is 1. The van der Waals surface area contributed by atoms with Crippen molar-refractivity contribution in [2.75, 3.05) is 18.8 Å². The number of amides is 1. The van der Waals surface area contributed by atoms with Crippen molar-refractivity contribution in [3.63, 3.8) is 0 Å². The van der Waals surface area contributed by atoms with Gasteiger partial charge in [-0.1, -0.05) is 6.07 Å². The molecule has 0 radical (unpaired) electrons. The van der Waals surface area contributed by atoms with Crippen LogP contribution in [0.2, 0.25) is 0 Å². The van der Waals surface area contributed by atoms with Crippen LogP contribution in [0.4, 0.5) is 0 Å². The summed E-state index contributed by atoms with van der Waals surface area (Å²) in [5, 5.41) is 0. The Morgan fingerprint density at radius 2 is 1.83 bits per heavy atom. The number of carbonyl (C=O) groups excluding carboxylic acids is 1. The van der Waals surface area contributed by atoms with Gasteiger partial charge in [0.2, 0.25) is 5.91 Å². The normalized spacial score (nSPS) is 17.9. The largest absolute Gasteiger partial charge is 0.351 e. The van der Waals surface area contributed by atoms with Crippen LogP contribution in [0.3, 0.4) is 0 Å². The van der Waals surface area contributed by atoms with Gasteiger partial charge in [0, 0.05) is 36.4 Å². The van der Waals surface area contributed by atoms with E-state index in [2.05, 4.69) is 47.3 Å². The van der Waals surface area contributed by atoms with Crippen molar-refractivity contribution in [3.8, 4) is 0 Å². The number of rotatable bonds is 4. The molecule has 0 spiro atoms. The summed E-state index contributed by atoms with van der Waals surface area (Å²) in [6.45, 7) is 1.76. The lowest BCUT2D eigenvalue weighted by Crippen LogP contribution is -2.39. The molecule has 126 valence electrons. The molecule has 24 heavy (non-hydrogen) atoms. The molecule has 1 aliphatic heterocycles. The molecular weight excluding hydrogens is 316 g/mol. The molecule has 2 aliphatic rings. The molecule has 2 heterocycles. The summed E-state index contributed by atoms with van der Waals surface area (Å²) < 4.78 is 2.28. The van der Waals surface area contributed by atoms with E-state index in [0.717, 1.165) is 25.9 Å². The Morgan fingerprint density at radius 3 is 2.62 bits per heavy atom. The predicted octanol–water partition coefficient (Wildman–Crippen LogP) is 3.93. The molecule has 0 bridgehead atoms. The summed E-state index contributed by atoms with van der Waals surface area (Å²) in [6, 6.07) is 11.4. The Bertz CT molecular complexity index is 702. The van der Waals surface area contributed by atoms with Crippen molar-refractivity contribution in [2.24, 2.45) is 0 Å². The van der Waals surface area contributed by atoms with Crippen molar-refractivity contribution in [1.29, 1.82) is 0 Å². The average molecular weight is 340 g/mol. The maximum absolute atomic E-state index is 12.5. The highest BCUT2D eigenvalue weighted by atomic mass is 32.2. The highest BCUT2D eigenvalue weighted by Crippen LogP contribution is 2.28. The van der Waals surface area contributed by atoms with Crippen LogP contribution in [0.25, 0.3) is 0 Å². The van der Waals surface area contributed by atoms with Crippen molar-refractivity contribution in [1.82, 2.24) is 9.47 Å². The highest BCUT2D eigenvalue weighted by molar-refractivity contribution is 8.00. The van der Waals surface area contributed by atoms with E-state index in [1.165, 1.54) is 35.3 Å². The zero-order valence-electron chi connectivity index (χ0n) is 14.0. The molecule has 0 N–H and O–H groups in total. The molecular formula is C20H24N2OS. The third-order valence-electron chi connectivity index (χ3n) is 5.30. The number of hydrogen-bond donors (Lipinski definition) is 0. The fourth-order valence-electron chi connectivity index (χ4n) is 3.88. The Kier molecular flexibility index (Phi) is 4.65. The van der Waals surface area contributed by atoms with Crippen LogP contribution in [0, 0.1) is 0 Å². The van der Waals surface area contributed by atoms with Crippen molar-refractivity contribution in [2.45, 2.75) is 43.0 Å². The molecule has 2 aromatic rings. The van der Waals surface area contributed by atoms with Crippen LogP contribution >= 0.6 is 11.8 Å². The number of aryl methyl sites for hydroxylation is 2. The molecule has 1 saturated heterocycles. The average Bonchev–Trinajstić information content (AvgIpc) is 3.31. The standard InChI is InChI=1S/C20H24N2OS/c23-20(15-24-19-7-6-16-4-3-5-17(16)14-19)22-12-8-18(9-13-22)21-10-1-2-11-21/h1-2,6-7,10-11,14,18H,3-5,8-9,12-13,15H2. The van der Waals surface area contributed by atoms with Crippen LogP contribution in [-0.4, -0.2) is 34.2 Å². The van der Waals surface area contributed by atoms with Crippen LogP contribution in [0.5, 0.6) is 0 Å². The van der Waals surface area contributed by atoms with E-state index in [1.807, 2.05) is 4.90 Å². The fraction of sp³-hybridized carbons (Fsp3) is 0.450. The zero-order valence-corrected chi connectivity index (χ0v) is 14.8. The molecule has 0 atom stereocenters. The van der Waals surface area contributed by atoms with Crippen LogP contribution in [0.15, 0.2) is 47.6 Å². The van der Waals surface area contributed by atoms with E-state index >= 15 is 0 Å². The van der Waals surface area contributed by atoms with E-state index in [9.17, 15) is 4.79 Å². The number of aromatic nitrogens is 1. The van der Waals surface area contributed by atoms with Gasteiger partial charge in [0.05, 0.1) is 5.75 Å². The maximum atomic E-state index is 12.5. The molecule has 1 fully saturated rings. The molecule has 4 rings (SSSR count). The lowest BCUT2D eigenvalue weighted by atomic mass is 10.1. The number of carbonyl (C=O) groups is 1. The molecule has 3 nitrogen and oxygen atoms in total. The van der Waals surface area contributed by atoms with Crippen molar-refractivity contribution >= 4 is 17.7 Å². The number of nitrogens with zero attached hydrogens (tertiary/aromatic N) is 2. The molecule has 1 aliphatic carbocycles. The first kappa shape index (κ1) is 15.8. The minimum absolute atomic E-state index is 0.284. The zero-order chi connectivity index (χ0) is 16.4. The van der Waals surface area contributed by atoms with E-state index in [-0.39, 0.29) is 5.91 Å². The van der Waals surface area contributed by atoms with Gasteiger partial charge in [-0.25, -0.2) is 0 Å². The van der Waals surface area contributed by atoms with Gasteiger partial charge in [-0.05, 0) is 67.5 Å². The van der Waals surface area contributed by atoms with Gasteiger partial charge in [0.1, 0.15) is 0 Å². The Balaban J connectivity index is 1.28. The smallest absolute Gasteiger partial charge is 0.232 e. The monoisotopic (exact) mass is 340 g/mol. The molecule has 0 unspecified atom stereocenters. The van der Waals surface area contributed by atoms with E-state index < -0.39 is 0 Å². The van der Waals surface area contributed by atoms with Crippen molar-refractivity contribution < 1.29 is 4.79 Å². The summed E-state index contributed by atoms with van der Waals surface area (Å²) in [6.07, 6.45) is 10.1. The van der Waals surface area contributed by atoms with Gasteiger partial charge in [0.25, 0.3) is 0 Å². The highest BCUT2D eigenvalue weighted by Gasteiger charge is 2.23. The van der Waals surface area contributed by atoms with Crippen LogP contribution in [0.1, 0.15) is 36.4 Å². The lowest BCUT2D eigenvalue weighted by molar-refractivity contribution is -0.129. The lowest BCUT2D eigenvalue weighted by Gasteiger charge is -2.32. The second-order valence-corrected chi connectivity index (χ2v) is 7.86. The number of likely N-dealkylation sites (tertiary alicyclic amines) is 1. The summed E-state index contributed by atoms with van der Waals surface area (Å²) in [4.78, 5) is 15.8. The first-order valence-electron chi connectivity index (χ1n) is 8.94. The van der Waals surface area contributed by atoms with E-state index in [1.54, 1.807) is 11.8 Å². The fourth-order valence-corrected chi connectivity index (χ4v) is 4.74. The Labute approximate surface area is 148 Å². The summed E-state index contributed by atoms with van der Waals surface area (Å²) in [7, 11) is 0. The third kappa shape index (κ3) is 3.39. The number of hydrogen-bond acceptors (Lipinski definition) is 2. The summed E-state index contributed by atoms with van der Waals surface area (Å²) >= 11 is 1.69. The predicted molar refractivity (Wildman–Crippen MR) is 98.5 cm³/mol. The third-order valence-corrected chi connectivity index (χ3v) is 6.28. The first-order chi connectivity index (χ1) is 11.8. The minimum atomic E-state index is 0.284. The Morgan fingerprint density at radius 1 is 1.08 bits per heavy atom. The van der Waals surface area contributed by atoms with Gasteiger partial charge >= 0.3 is 0 Å². The first-order valence-corrected chi connectivity index (χ1v) is 9.93. The van der Waals surface area contributed by atoms with E-state index in [0.29, 0.717) is 11.8 Å². The molecule has 1 amide bonds. The summed E-state index contributed by atoms with van der Waals surface area (Å²) in [5.41, 5.74) is 2.98. The van der Waals surface area contributed by atoms with Gasteiger partial charge in [-0.2, -0.15) is 0 Å². The maximum Gasteiger partial charge on any atom is 0.232 e. The quantitative estimate of drug-likeness (QED) is 0.788. The number of thioether (sulfide) groups is 1. The summed E-state index contributed by atoms with van der Waals surface area (Å²) in [5.74, 6) is 0.846. The molecule has 0 saturated carbocycles. The van der Waals surface area contributed by atoms with Crippen molar-refractivity contribution in [3.05, 3.63) is 53.9 Å². The van der Waals surface area contributed by atoms with Gasteiger partial charge in [-0.3, -0.25) is 4.79 Å². The number of piperidine rings is 1. The molecule has 4 heteroatoms. The SMILES string of the molecule is O=C(CSc1ccc2c(c1)CCC2)N1CCC(n2cccc2)CC1. The second kappa shape index (κ2) is 7.06. The van der Waals surface area contributed by atoms with Gasteiger partial charge in [0.15, 0.2) is 0 Å². The van der Waals surface area contributed by atoms with Gasteiger partial charge in [-0.15, -0.1) is 11.8 Å². The molecule has 1 aromatic carbocycles. The second-order valence-electron chi connectivity index (χ2n) is 6.81. The number of fused-ring (bicyclic) bond motifs is 1. The van der Waals surface area contributed by atoms with Gasteiger partial charge < -0.3 is 9.47 Å². The minimum Gasteiger partial charge on any atom is -0.351 e. The Hall–Kier alpha value is -1.68. The van der Waals surface area contributed by atoms with Crippen LogP contribution in [-0.2, 0) is 17.6 Å². The molecule has 1 aromatic heterocycles. The van der Waals surface area contributed by atoms with Crippen LogP contribution < -0.4 is 0 Å². The van der Waals surface area contributed by atoms with E-state index in [4.69, 9.17) is 0 Å². The topological polar surface area (TPSA) is 25.2 Å².